The molecular weight excluding hydrogens is 324 g/mol. The van der Waals surface area contributed by atoms with E-state index in [9.17, 15) is 4.79 Å². The van der Waals surface area contributed by atoms with Crippen molar-refractivity contribution in [1.82, 2.24) is 9.97 Å². The number of amides is 1. The molecule has 0 aliphatic carbocycles. The molecule has 1 aliphatic rings. The molecule has 0 radical (unpaired) electrons. The Morgan fingerprint density at radius 1 is 1.15 bits per heavy atom. The van der Waals surface area contributed by atoms with E-state index < -0.39 is 0 Å². The number of para-hydroxylation sites is 1. The van der Waals surface area contributed by atoms with Gasteiger partial charge in [-0.2, -0.15) is 0 Å². The number of carbonyl (C=O) groups excluding carboxylic acids is 1. The molecule has 0 fully saturated rings. The minimum atomic E-state index is -0.0307. The first-order valence-corrected chi connectivity index (χ1v) is 9.64. The molecule has 26 heavy (non-hydrogen) atoms. The van der Waals surface area contributed by atoms with Crippen LogP contribution in [0.2, 0.25) is 0 Å². The molecule has 2 aromatic rings. The lowest BCUT2D eigenvalue weighted by Gasteiger charge is -2.29. The highest BCUT2D eigenvalue weighted by Gasteiger charge is 2.25. The zero-order chi connectivity index (χ0) is 18.5. The zero-order valence-corrected chi connectivity index (χ0v) is 16.0. The van der Waals surface area contributed by atoms with Crippen LogP contribution in [-0.2, 0) is 6.42 Å². The van der Waals surface area contributed by atoms with Crippen LogP contribution in [0.1, 0.15) is 54.9 Å². The summed E-state index contributed by atoms with van der Waals surface area (Å²) in [5.74, 6) is 0.638. The van der Waals surface area contributed by atoms with Crippen LogP contribution in [0.25, 0.3) is 0 Å². The second kappa shape index (κ2) is 8.30. The van der Waals surface area contributed by atoms with E-state index in [1.165, 1.54) is 5.56 Å². The highest BCUT2D eigenvalue weighted by Crippen LogP contribution is 2.28. The van der Waals surface area contributed by atoms with Gasteiger partial charge in [0.1, 0.15) is 5.69 Å². The summed E-state index contributed by atoms with van der Waals surface area (Å²) in [6, 6.07) is 9.97. The van der Waals surface area contributed by atoms with Crippen LogP contribution in [-0.4, -0.2) is 35.5 Å². The van der Waals surface area contributed by atoms with Gasteiger partial charge in [0.2, 0.25) is 5.95 Å². The maximum absolute atomic E-state index is 13.2. The van der Waals surface area contributed by atoms with Crippen molar-refractivity contribution in [2.24, 2.45) is 0 Å². The second-order valence-corrected chi connectivity index (χ2v) is 6.87. The number of fused-ring (bicyclic) bond motifs is 1. The van der Waals surface area contributed by atoms with Crippen LogP contribution in [0.5, 0.6) is 0 Å². The highest BCUT2D eigenvalue weighted by atomic mass is 16.2. The third-order valence-corrected chi connectivity index (χ3v) is 4.69. The fourth-order valence-corrected chi connectivity index (χ4v) is 3.54. The minimum Gasteiger partial charge on any atom is -0.341 e. The maximum Gasteiger partial charge on any atom is 0.277 e. The number of hydrogen-bond donors (Lipinski definition) is 0. The quantitative estimate of drug-likeness (QED) is 0.788. The van der Waals surface area contributed by atoms with Crippen LogP contribution in [0.4, 0.5) is 11.6 Å². The van der Waals surface area contributed by atoms with Gasteiger partial charge < -0.3 is 9.80 Å². The van der Waals surface area contributed by atoms with Gasteiger partial charge in [0, 0.05) is 31.0 Å². The Bertz CT molecular complexity index is 768. The van der Waals surface area contributed by atoms with Gasteiger partial charge in [-0.1, -0.05) is 32.0 Å². The van der Waals surface area contributed by atoms with Gasteiger partial charge >= 0.3 is 0 Å². The van der Waals surface area contributed by atoms with E-state index in [0.717, 1.165) is 56.7 Å². The van der Waals surface area contributed by atoms with E-state index in [2.05, 4.69) is 34.8 Å². The lowest BCUT2D eigenvalue weighted by molar-refractivity contribution is 0.0980. The first kappa shape index (κ1) is 18.4. The van der Waals surface area contributed by atoms with Crippen LogP contribution >= 0.6 is 0 Å². The van der Waals surface area contributed by atoms with Crippen molar-refractivity contribution in [3.63, 3.8) is 0 Å². The van der Waals surface area contributed by atoms with Crippen molar-refractivity contribution in [3.8, 4) is 0 Å². The Hall–Kier alpha value is -2.43. The molecule has 1 aliphatic heterocycles. The molecule has 1 amide bonds. The van der Waals surface area contributed by atoms with Crippen molar-refractivity contribution in [2.75, 3.05) is 29.4 Å². The van der Waals surface area contributed by atoms with Gasteiger partial charge in [0.25, 0.3) is 5.91 Å². The van der Waals surface area contributed by atoms with Gasteiger partial charge in [-0.15, -0.1) is 0 Å². The number of rotatable bonds is 6. The largest absolute Gasteiger partial charge is 0.341 e. The predicted octanol–water partition coefficient (Wildman–Crippen LogP) is 4.00. The number of hydrogen-bond acceptors (Lipinski definition) is 4. The van der Waals surface area contributed by atoms with Gasteiger partial charge in [0.15, 0.2) is 0 Å². The predicted molar refractivity (Wildman–Crippen MR) is 106 cm³/mol. The van der Waals surface area contributed by atoms with E-state index in [1.807, 2.05) is 30.0 Å². The van der Waals surface area contributed by atoms with E-state index in [1.54, 1.807) is 6.07 Å². The topological polar surface area (TPSA) is 49.3 Å². The Morgan fingerprint density at radius 2 is 1.88 bits per heavy atom. The number of aromatic nitrogens is 2. The molecule has 0 spiro atoms. The maximum atomic E-state index is 13.2. The molecule has 138 valence electrons. The molecule has 1 aromatic heterocycles. The van der Waals surface area contributed by atoms with Crippen molar-refractivity contribution >= 4 is 17.5 Å². The molecule has 0 bridgehead atoms. The summed E-state index contributed by atoms with van der Waals surface area (Å²) in [6.45, 7) is 8.77. The van der Waals surface area contributed by atoms with E-state index in [-0.39, 0.29) is 5.91 Å². The Labute approximate surface area is 156 Å². The first-order valence-electron chi connectivity index (χ1n) is 9.64. The van der Waals surface area contributed by atoms with Gasteiger partial charge in [-0.25, -0.2) is 9.97 Å². The summed E-state index contributed by atoms with van der Waals surface area (Å²) in [5.41, 5.74) is 3.57. The average Bonchev–Trinajstić information content (AvgIpc) is 2.66. The number of nitrogens with zero attached hydrogens (tertiary/aromatic N) is 4. The summed E-state index contributed by atoms with van der Waals surface area (Å²) in [4.78, 5) is 26.5. The van der Waals surface area contributed by atoms with Crippen LogP contribution < -0.4 is 9.80 Å². The molecule has 0 saturated carbocycles. The SMILES string of the molecule is CCCN(CCC)c1nc(C)cc(C(=O)N2CCCc3ccccc32)n1. The lowest BCUT2D eigenvalue weighted by atomic mass is 10.0. The summed E-state index contributed by atoms with van der Waals surface area (Å²) in [5, 5.41) is 0. The van der Waals surface area contributed by atoms with Crippen molar-refractivity contribution < 1.29 is 4.79 Å². The molecular formula is C21H28N4O. The number of carbonyl (C=O) groups is 1. The summed E-state index contributed by atoms with van der Waals surface area (Å²) < 4.78 is 0. The highest BCUT2D eigenvalue weighted by molar-refractivity contribution is 6.05. The van der Waals surface area contributed by atoms with Gasteiger partial charge in [-0.3, -0.25) is 4.79 Å². The summed E-state index contributed by atoms with van der Waals surface area (Å²) in [6.07, 6.45) is 4.06. The minimum absolute atomic E-state index is 0.0307. The third kappa shape index (κ3) is 3.87. The smallest absolute Gasteiger partial charge is 0.277 e. The van der Waals surface area contributed by atoms with Crippen molar-refractivity contribution in [1.29, 1.82) is 0 Å². The number of aryl methyl sites for hydroxylation is 2. The fraction of sp³-hybridized carbons (Fsp3) is 0.476. The Balaban J connectivity index is 1.93. The number of benzene rings is 1. The Kier molecular flexibility index (Phi) is 5.86. The van der Waals surface area contributed by atoms with Crippen LogP contribution in [0, 0.1) is 6.92 Å². The van der Waals surface area contributed by atoms with Crippen molar-refractivity contribution in [3.05, 3.63) is 47.3 Å². The summed E-state index contributed by atoms with van der Waals surface area (Å²) in [7, 11) is 0. The number of anilines is 2. The molecule has 0 N–H and O–H groups in total. The normalized spacial score (nSPS) is 13.4. The molecule has 3 rings (SSSR count). The Morgan fingerprint density at radius 3 is 2.62 bits per heavy atom. The zero-order valence-electron chi connectivity index (χ0n) is 16.0. The molecule has 0 saturated heterocycles. The summed E-state index contributed by atoms with van der Waals surface area (Å²) >= 11 is 0. The fourth-order valence-electron chi connectivity index (χ4n) is 3.54. The third-order valence-electron chi connectivity index (χ3n) is 4.69. The van der Waals surface area contributed by atoms with Crippen LogP contribution in [0.3, 0.4) is 0 Å². The monoisotopic (exact) mass is 352 g/mol. The first-order chi connectivity index (χ1) is 12.6. The standard InChI is InChI=1S/C21H28N4O/c1-4-12-24(13-5-2)21-22-16(3)15-18(23-21)20(26)25-14-8-10-17-9-6-7-11-19(17)25/h6-7,9,11,15H,4-5,8,10,12-14H2,1-3H3. The molecule has 5 heteroatoms. The van der Waals surface area contributed by atoms with Crippen LogP contribution in [0.15, 0.2) is 30.3 Å². The lowest BCUT2D eigenvalue weighted by Crippen LogP contribution is -2.36. The van der Waals surface area contributed by atoms with E-state index >= 15 is 0 Å². The van der Waals surface area contributed by atoms with E-state index in [4.69, 9.17) is 0 Å². The molecule has 2 heterocycles. The van der Waals surface area contributed by atoms with Gasteiger partial charge in [0.05, 0.1) is 0 Å². The van der Waals surface area contributed by atoms with E-state index in [0.29, 0.717) is 11.6 Å². The molecule has 5 nitrogen and oxygen atoms in total. The molecule has 0 atom stereocenters. The molecule has 0 unspecified atom stereocenters. The molecule has 1 aromatic carbocycles. The second-order valence-electron chi connectivity index (χ2n) is 6.87. The average molecular weight is 352 g/mol. The van der Waals surface area contributed by atoms with Crippen molar-refractivity contribution in [2.45, 2.75) is 46.5 Å². The van der Waals surface area contributed by atoms with Gasteiger partial charge in [-0.05, 0) is 50.3 Å².